The predicted octanol–water partition coefficient (Wildman–Crippen LogP) is 2.35. The smallest absolute Gasteiger partial charge is 0.317 e. The Morgan fingerprint density at radius 1 is 1.04 bits per heavy atom. The molecular formula is C19H24N4O2. The predicted molar refractivity (Wildman–Crippen MR) is 96.9 cm³/mol. The van der Waals surface area contributed by atoms with Crippen LogP contribution in [0.3, 0.4) is 0 Å². The third kappa shape index (κ3) is 4.02. The van der Waals surface area contributed by atoms with Crippen molar-refractivity contribution in [3.63, 3.8) is 0 Å². The molecule has 3 rings (SSSR count). The molecule has 6 heteroatoms. The molecule has 1 aromatic carbocycles. The van der Waals surface area contributed by atoms with Crippen LogP contribution in [0.25, 0.3) is 5.69 Å². The van der Waals surface area contributed by atoms with Gasteiger partial charge in [-0.15, -0.1) is 0 Å². The van der Waals surface area contributed by atoms with Crippen LogP contribution in [0.4, 0.5) is 4.79 Å². The first-order valence-electron chi connectivity index (χ1n) is 8.55. The minimum absolute atomic E-state index is 0.0523. The minimum atomic E-state index is -0.0784. The lowest BCUT2D eigenvalue weighted by molar-refractivity contribution is 0.0707. The van der Waals surface area contributed by atoms with Gasteiger partial charge in [0.2, 0.25) is 0 Å². The average molecular weight is 340 g/mol. The summed E-state index contributed by atoms with van der Waals surface area (Å²) < 4.78 is 2.01. The number of nitrogens with zero attached hydrogens (tertiary/aromatic N) is 3. The molecule has 1 aromatic heterocycles. The summed E-state index contributed by atoms with van der Waals surface area (Å²) in [6.07, 6.45) is 5.52. The number of hydrogen-bond acceptors (Lipinski definition) is 2. The van der Waals surface area contributed by atoms with Crippen molar-refractivity contribution < 1.29 is 9.59 Å². The van der Waals surface area contributed by atoms with E-state index in [1.54, 1.807) is 14.1 Å². The Morgan fingerprint density at radius 3 is 2.20 bits per heavy atom. The number of nitrogens with one attached hydrogen (secondary N) is 1. The molecular weight excluding hydrogens is 316 g/mol. The van der Waals surface area contributed by atoms with Crippen LogP contribution in [0.5, 0.6) is 0 Å². The highest BCUT2D eigenvalue weighted by Gasteiger charge is 2.24. The number of urea groups is 1. The van der Waals surface area contributed by atoms with Gasteiger partial charge in [0.15, 0.2) is 0 Å². The highest BCUT2D eigenvalue weighted by molar-refractivity contribution is 5.94. The van der Waals surface area contributed by atoms with Crippen LogP contribution in [-0.4, -0.2) is 59.5 Å². The number of carbonyl (C=O) groups excluding carboxylic acids is 2. The third-order valence-corrected chi connectivity index (χ3v) is 4.53. The van der Waals surface area contributed by atoms with Gasteiger partial charge < -0.3 is 19.7 Å². The maximum atomic E-state index is 12.7. The number of rotatable bonds is 3. The number of benzene rings is 1. The number of amides is 3. The zero-order chi connectivity index (χ0) is 17.8. The van der Waals surface area contributed by atoms with Gasteiger partial charge in [0.1, 0.15) is 0 Å². The van der Waals surface area contributed by atoms with Crippen molar-refractivity contribution in [2.45, 2.75) is 18.9 Å². The molecule has 6 nitrogen and oxygen atoms in total. The van der Waals surface area contributed by atoms with Gasteiger partial charge in [-0.1, -0.05) is 0 Å². The van der Waals surface area contributed by atoms with E-state index in [0.29, 0.717) is 18.7 Å². The van der Waals surface area contributed by atoms with Crippen molar-refractivity contribution >= 4 is 11.9 Å². The third-order valence-electron chi connectivity index (χ3n) is 4.53. The van der Waals surface area contributed by atoms with Gasteiger partial charge in [-0.3, -0.25) is 4.79 Å². The molecule has 1 aliphatic rings. The summed E-state index contributed by atoms with van der Waals surface area (Å²) in [7, 11) is 3.46. The Labute approximate surface area is 148 Å². The molecule has 0 radical (unpaired) electrons. The lowest BCUT2D eigenvalue weighted by atomic mass is 10.0. The lowest BCUT2D eigenvalue weighted by Gasteiger charge is -2.33. The second-order valence-electron chi connectivity index (χ2n) is 6.55. The van der Waals surface area contributed by atoms with Gasteiger partial charge in [-0.2, -0.15) is 0 Å². The van der Waals surface area contributed by atoms with E-state index >= 15 is 0 Å². The summed E-state index contributed by atoms with van der Waals surface area (Å²) >= 11 is 0. The van der Waals surface area contributed by atoms with E-state index in [1.165, 1.54) is 4.90 Å². The van der Waals surface area contributed by atoms with Crippen molar-refractivity contribution in [3.8, 4) is 5.69 Å². The van der Waals surface area contributed by atoms with Crippen LogP contribution in [0, 0.1) is 0 Å². The molecule has 0 atom stereocenters. The van der Waals surface area contributed by atoms with Crippen LogP contribution in [0.2, 0.25) is 0 Å². The fourth-order valence-electron chi connectivity index (χ4n) is 3.00. The van der Waals surface area contributed by atoms with E-state index in [0.717, 1.165) is 18.5 Å². The van der Waals surface area contributed by atoms with E-state index in [4.69, 9.17) is 0 Å². The van der Waals surface area contributed by atoms with Gasteiger partial charge in [-0.25, -0.2) is 4.79 Å². The van der Waals surface area contributed by atoms with E-state index in [2.05, 4.69) is 5.32 Å². The van der Waals surface area contributed by atoms with Gasteiger partial charge in [-0.05, 0) is 49.2 Å². The summed E-state index contributed by atoms with van der Waals surface area (Å²) in [5.41, 5.74) is 1.73. The van der Waals surface area contributed by atoms with Crippen molar-refractivity contribution in [1.29, 1.82) is 0 Å². The van der Waals surface area contributed by atoms with Crippen molar-refractivity contribution in [3.05, 3.63) is 54.4 Å². The molecule has 3 amide bonds. The molecule has 0 spiro atoms. The molecule has 25 heavy (non-hydrogen) atoms. The number of piperidine rings is 1. The topological polar surface area (TPSA) is 57.6 Å². The van der Waals surface area contributed by atoms with Crippen LogP contribution in [0.1, 0.15) is 23.2 Å². The second kappa shape index (κ2) is 7.42. The molecule has 1 saturated heterocycles. The SMILES string of the molecule is CN(C)C(=O)NC1CCN(C(=O)c2ccc(-n3cccc3)cc2)CC1. The monoisotopic (exact) mass is 340 g/mol. The first-order chi connectivity index (χ1) is 12.0. The first kappa shape index (κ1) is 17.1. The maximum absolute atomic E-state index is 12.7. The second-order valence-corrected chi connectivity index (χ2v) is 6.55. The largest absolute Gasteiger partial charge is 0.338 e. The normalized spacial score (nSPS) is 15.0. The highest BCUT2D eigenvalue weighted by atomic mass is 16.2. The Balaban J connectivity index is 1.56. The zero-order valence-electron chi connectivity index (χ0n) is 14.7. The van der Waals surface area contributed by atoms with E-state index in [-0.39, 0.29) is 18.0 Å². The summed E-state index contributed by atoms with van der Waals surface area (Å²) in [4.78, 5) is 27.8. The minimum Gasteiger partial charge on any atom is -0.338 e. The van der Waals surface area contributed by atoms with Gasteiger partial charge in [0.25, 0.3) is 5.91 Å². The van der Waals surface area contributed by atoms with Crippen LogP contribution < -0.4 is 5.32 Å². The summed E-state index contributed by atoms with van der Waals surface area (Å²) in [6.45, 7) is 1.33. The molecule has 132 valence electrons. The Kier molecular flexibility index (Phi) is 5.07. The number of aromatic nitrogens is 1. The van der Waals surface area contributed by atoms with Gasteiger partial charge in [0.05, 0.1) is 0 Å². The summed E-state index contributed by atoms with van der Waals surface area (Å²) in [6, 6.07) is 11.7. The fourth-order valence-corrected chi connectivity index (χ4v) is 3.00. The highest BCUT2D eigenvalue weighted by Crippen LogP contribution is 2.16. The van der Waals surface area contributed by atoms with Crippen LogP contribution in [0.15, 0.2) is 48.8 Å². The van der Waals surface area contributed by atoms with Crippen molar-refractivity contribution in [2.75, 3.05) is 27.2 Å². The van der Waals surface area contributed by atoms with E-state index < -0.39 is 0 Å². The molecule has 1 N–H and O–H groups in total. The Hall–Kier alpha value is -2.76. The molecule has 2 aromatic rings. The first-order valence-corrected chi connectivity index (χ1v) is 8.55. The fraction of sp³-hybridized carbons (Fsp3) is 0.368. The summed E-state index contributed by atoms with van der Waals surface area (Å²) in [5, 5.41) is 2.99. The maximum Gasteiger partial charge on any atom is 0.317 e. The van der Waals surface area contributed by atoms with Gasteiger partial charge >= 0.3 is 6.03 Å². The van der Waals surface area contributed by atoms with E-state index in [9.17, 15) is 9.59 Å². The molecule has 2 heterocycles. The molecule has 0 saturated carbocycles. The zero-order valence-corrected chi connectivity index (χ0v) is 14.7. The molecule has 0 unspecified atom stereocenters. The average Bonchev–Trinajstić information content (AvgIpc) is 3.16. The lowest BCUT2D eigenvalue weighted by Crippen LogP contribution is -2.48. The Bertz CT molecular complexity index is 714. The number of hydrogen-bond donors (Lipinski definition) is 1. The molecule has 0 bridgehead atoms. The standard InChI is InChI=1S/C19H24N4O2/c1-21(2)19(25)20-16-9-13-23(14-10-16)18(24)15-5-7-17(8-6-15)22-11-3-4-12-22/h3-8,11-12,16H,9-10,13-14H2,1-2H3,(H,20,25). The molecule has 1 fully saturated rings. The molecule has 0 aliphatic carbocycles. The van der Waals surface area contributed by atoms with Crippen LogP contribution in [-0.2, 0) is 0 Å². The summed E-state index contributed by atoms with van der Waals surface area (Å²) in [5.74, 6) is 0.0523. The quantitative estimate of drug-likeness (QED) is 0.932. The van der Waals surface area contributed by atoms with E-state index in [1.807, 2.05) is 58.3 Å². The number of likely N-dealkylation sites (tertiary alicyclic amines) is 1. The Morgan fingerprint density at radius 2 is 1.64 bits per heavy atom. The number of carbonyl (C=O) groups is 2. The molecule has 1 aliphatic heterocycles. The van der Waals surface area contributed by atoms with Crippen LogP contribution >= 0.6 is 0 Å². The van der Waals surface area contributed by atoms with Gasteiger partial charge in [0, 0.05) is 56.9 Å². The van der Waals surface area contributed by atoms with Crippen molar-refractivity contribution in [1.82, 2.24) is 19.7 Å². The van der Waals surface area contributed by atoms with Crippen molar-refractivity contribution in [2.24, 2.45) is 0 Å².